The number of ether oxygens (including phenoxy) is 3. The van der Waals surface area contributed by atoms with Gasteiger partial charge >= 0.3 is 0 Å². The Morgan fingerprint density at radius 2 is 1.50 bits per heavy atom. The second-order valence-corrected chi connectivity index (χ2v) is 7.53. The number of benzene rings is 2. The molecular weight excluding hydrogens is 414 g/mol. The van der Waals surface area contributed by atoms with E-state index < -0.39 is 28.4 Å². The first kappa shape index (κ1) is 23.0. The molecule has 3 N–H and O–H groups in total. The van der Waals surface area contributed by atoms with Gasteiger partial charge in [-0.3, -0.25) is 20.4 Å². The number of amides is 2. The molecule has 2 aromatic carbocycles. The maximum atomic E-state index is 12.2. The molecular formula is C19H23N3O7S. The van der Waals surface area contributed by atoms with Crippen LogP contribution in [0.3, 0.4) is 0 Å². The van der Waals surface area contributed by atoms with Crippen molar-refractivity contribution >= 4 is 21.8 Å². The van der Waals surface area contributed by atoms with Crippen molar-refractivity contribution in [2.75, 3.05) is 26.9 Å². The van der Waals surface area contributed by atoms with E-state index in [0.29, 0.717) is 23.9 Å². The highest BCUT2D eigenvalue weighted by molar-refractivity contribution is 7.89. The van der Waals surface area contributed by atoms with Crippen LogP contribution in [0.4, 0.5) is 0 Å². The normalized spacial score (nSPS) is 10.7. The van der Waals surface area contributed by atoms with E-state index in [1.807, 2.05) is 6.92 Å². The van der Waals surface area contributed by atoms with Crippen molar-refractivity contribution in [1.82, 2.24) is 15.6 Å². The van der Waals surface area contributed by atoms with Gasteiger partial charge in [-0.15, -0.1) is 0 Å². The Kier molecular flexibility index (Phi) is 8.44. The highest BCUT2D eigenvalue weighted by Gasteiger charge is 2.16. The minimum absolute atomic E-state index is 0.0264. The van der Waals surface area contributed by atoms with Crippen LogP contribution < -0.4 is 29.8 Å². The molecule has 162 valence electrons. The van der Waals surface area contributed by atoms with E-state index in [2.05, 4.69) is 15.6 Å². The summed E-state index contributed by atoms with van der Waals surface area (Å²) < 4.78 is 42.2. The summed E-state index contributed by atoms with van der Waals surface area (Å²) in [7, 11) is -2.43. The molecule has 0 aliphatic heterocycles. The van der Waals surface area contributed by atoms with Crippen LogP contribution in [-0.2, 0) is 19.6 Å². The number of sulfonamides is 1. The average molecular weight is 437 g/mol. The summed E-state index contributed by atoms with van der Waals surface area (Å²) in [4.78, 5) is 23.6. The maximum absolute atomic E-state index is 12.2. The van der Waals surface area contributed by atoms with Crippen LogP contribution in [0.25, 0.3) is 0 Å². The molecule has 0 heterocycles. The van der Waals surface area contributed by atoms with Crippen molar-refractivity contribution in [3.05, 3.63) is 48.5 Å². The molecule has 0 aromatic heterocycles. The summed E-state index contributed by atoms with van der Waals surface area (Å²) in [5, 5.41) is 0. The van der Waals surface area contributed by atoms with Crippen molar-refractivity contribution in [3.8, 4) is 17.2 Å². The largest absolute Gasteiger partial charge is 0.497 e. The first-order valence-corrected chi connectivity index (χ1v) is 10.4. The molecule has 0 bridgehead atoms. The van der Waals surface area contributed by atoms with Gasteiger partial charge in [-0.1, -0.05) is 12.1 Å². The Labute approximate surface area is 174 Å². The van der Waals surface area contributed by atoms with Gasteiger partial charge in [-0.05, 0) is 43.3 Å². The SMILES string of the molecule is CCOc1ccccc1OCC(=O)NNC(=O)CNS(=O)(=O)c1ccc(OC)cc1. The molecule has 30 heavy (non-hydrogen) atoms. The van der Waals surface area contributed by atoms with Crippen LogP contribution in [0, 0.1) is 0 Å². The topological polar surface area (TPSA) is 132 Å². The fourth-order valence-corrected chi connectivity index (χ4v) is 3.19. The predicted octanol–water partition coefficient (Wildman–Crippen LogP) is 0.599. The lowest BCUT2D eigenvalue weighted by Gasteiger charge is -2.12. The Bertz CT molecular complexity index is 962. The fourth-order valence-electron chi connectivity index (χ4n) is 2.21. The molecule has 11 heteroatoms. The smallest absolute Gasteiger partial charge is 0.276 e. The van der Waals surface area contributed by atoms with E-state index in [0.717, 1.165) is 0 Å². The van der Waals surface area contributed by atoms with Gasteiger partial charge in [0.2, 0.25) is 10.0 Å². The van der Waals surface area contributed by atoms with Gasteiger partial charge in [0, 0.05) is 0 Å². The zero-order chi connectivity index (χ0) is 22.0. The zero-order valence-corrected chi connectivity index (χ0v) is 17.3. The van der Waals surface area contributed by atoms with Crippen molar-refractivity contribution in [1.29, 1.82) is 0 Å². The quantitative estimate of drug-likeness (QED) is 0.464. The molecule has 0 spiro atoms. The van der Waals surface area contributed by atoms with Gasteiger partial charge in [0.1, 0.15) is 5.75 Å². The van der Waals surface area contributed by atoms with Gasteiger partial charge < -0.3 is 14.2 Å². The second kappa shape index (κ2) is 11.0. The molecule has 0 radical (unpaired) electrons. The maximum Gasteiger partial charge on any atom is 0.276 e. The number of carbonyl (C=O) groups excluding carboxylic acids is 2. The Morgan fingerprint density at radius 3 is 2.10 bits per heavy atom. The van der Waals surface area contributed by atoms with E-state index in [1.165, 1.54) is 31.4 Å². The molecule has 0 saturated heterocycles. The minimum Gasteiger partial charge on any atom is -0.497 e. The van der Waals surface area contributed by atoms with Crippen LogP contribution in [0.5, 0.6) is 17.2 Å². The molecule has 0 aliphatic rings. The monoisotopic (exact) mass is 437 g/mol. The molecule has 0 fully saturated rings. The molecule has 10 nitrogen and oxygen atoms in total. The summed E-state index contributed by atoms with van der Waals surface area (Å²) in [6, 6.07) is 12.5. The van der Waals surface area contributed by atoms with Crippen LogP contribution in [0.2, 0.25) is 0 Å². The van der Waals surface area contributed by atoms with E-state index >= 15 is 0 Å². The average Bonchev–Trinajstić information content (AvgIpc) is 2.76. The first-order valence-electron chi connectivity index (χ1n) is 8.91. The van der Waals surface area contributed by atoms with Gasteiger partial charge in [0.15, 0.2) is 18.1 Å². The van der Waals surface area contributed by atoms with E-state index in [9.17, 15) is 18.0 Å². The fraction of sp³-hybridized carbons (Fsp3) is 0.263. The van der Waals surface area contributed by atoms with Gasteiger partial charge in [-0.2, -0.15) is 0 Å². The number of para-hydroxylation sites is 2. The summed E-state index contributed by atoms with van der Waals surface area (Å²) in [5.41, 5.74) is 4.24. The molecule has 2 rings (SSSR count). The standard InChI is InChI=1S/C19H23N3O7S/c1-3-28-16-6-4-5-7-17(16)29-13-19(24)22-21-18(23)12-20-30(25,26)15-10-8-14(27-2)9-11-15/h4-11,20H,3,12-13H2,1-2H3,(H,21,23)(H,22,24). The lowest BCUT2D eigenvalue weighted by molar-refractivity contribution is -0.129. The van der Waals surface area contributed by atoms with Gasteiger partial charge in [-0.25, -0.2) is 13.1 Å². The van der Waals surface area contributed by atoms with Crippen LogP contribution >= 0.6 is 0 Å². The lowest BCUT2D eigenvalue weighted by Crippen LogP contribution is -2.47. The lowest BCUT2D eigenvalue weighted by atomic mass is 10.3. The van der Waals surface area contributed by atoms with Crippen LogP contribution in [-0.4, -0.2) is 47.1 Å². The third-order valence-electron chi connectivity index (χ3n) is 3.64. The molecule has 0 unspecified atom stereocenters. The van der Waals surface area contributed by atoms with Crippen LogP contribution in [0.15, 0.2) is 53.4 Å². The number of methoxy groups -OCH3 is 1. The third-order valence-corrected chi connectivity index (χ3v) is 5.06. The third kappa shape index (κ3) is 6.94. The van der Waals surface area contributed by atoms with E-state index in [1.54, 1.807) is 24.3 Å². The Balaban J connectivity index is 1.76. The second-order valence-electron chi connectivity index (χ2n) is 5.76. The Hall–Kier alpha value is -3.31. The number of carbonyl (C=O) groups is 2. The van der Waals surface area contributed by atoms with Crippen molar-refractivity contribution in [2.24, 2.45) is 0 Å². The molecule has 0 aliphatic carbocycles. The van der Waals surface area contributed by atoms with E-state index in [4.69, 9.17) is 14.2 Å². The number of hydrazine groups is 1. The van der Waals surface area contributed by atoms with Crippen molar-refractivity contribution < 1.29 is 32.2 Å². The zero-order valence-electron chi connectivity index (χ0n) is 16.5. The van der Waals surface area contributed by atoms with E-state index in [-0.39, 0.29) is 11.5 Å². The summed E-state index contributed by atoms with van der Waals surface area (Å²) in [5.74, 6) is -0.0128. The van der Waals surface area contributed by atoms with Crippen molar-refractivity contribution in [3.63, 3.8) is 0 Å². The molecule has 0 saturated carbocycles. The summed E-state index contributed by atoms with van der Waals surface area (Å²) >= 11 is 0. The van der Waals surface area contributed by atoms with Gasteiger partial charge in [0.25, 0.3) is 11.8 Å². The van der Waals surface area contributed by atoms with Crippen LogP contribution in [0.1, 0.15) is 6.92 Å². The predicted molar refractivity (Wildman–Crippen MR) is 108 cm³/mol. The molecule has 0 atom stereocenters. The molecule has 2 aromatic rings. The van der Waals surface area contributed by atoms with Crippen molar-refractivity contribution in [2.45, 2.75) is 11.8 Å². The number of hydrogen-bond acceptors (Lipinski definition) is 7. The van der Waals surface area contributed by atoms with Gasteiger partial charge in [0.05, 0.1) is 25.2 Å². The Morgan fingerprint density at radius 1 is 0.900 bits per heavy atom. The summed E-state index contributed by atoms with van der Waals surface area (Å²) in [6.45, 7) is 1.32. The highest BCUT2D eigenvalue weighted by Crippen LogP contribution is 2.26. The number of nitrogens with one attached hydrogen (secondary N) is 3. The number of rotatable bonds is 10. The summed E-state index contributed by atoms with van der Waals surface area (Å²) in [6.07, 6.45) is 0. The number of hydrogen-bond donors (Lipinski definition) is 3. The highest BCUT2D eigenvalue weighted by atomic mass is 32.2. The molecule has 2 amide bonds. The first-order chi connectivity index (χ1) is 14.4. The minimum atomic E-state index is -3.89.